The maximum atomic E-state index is 11.1. The minimum atomic E-state index is -0.403. The van der Waals surface area contributed by atoms with E-state index in [1.807, 2.05) is 0 Å². The summed E-state index contributed by atoms with van der Waals surface area (Å²) >= 11 is 0. The highest BCUT2D eigenvalue weighted by Gasteiger charge is 2.20. The van der Waals surface area contributed by atoms with E-state index in [4.69, 9.17) is 5.73 Å². The van der Waals surface area contributed by atoms with Crippen LogP contribution in [-0.2, 0) is 0 Å². The molecule has 0 saturated carbocycles. The molecule has 2 N–H and O–H groups in total. The maximum Gasteiger partial charge on any atom is 0.248 e. The molecular weight excluding hydrogens is 228 g/mol. The molecule has 1 aliphatic heterocycles. The van der Waals surface area contributed by atoms with E-state index in [1.54, 1.807) is 18.3 Å². The molecule has 2 heterocycles. The summed E-state index contributed by atoms with van der Waals surface area (Å²) in [6.45, 7) is 8.35. The van der Waals surface area contributed by atoms with E-state index < -0.39 is 5.91 Å². The van der Waals surface area contributed by atoms with Crippen LogP contribution in [0.25, 0.3) is 0 Å². The van der Waals surface area contributed by atoms with Crippen molar-refractivity contribution < 1.29 is 4.79 Å². The number of nitrogens with zero attached hydrogens (tertiary/aromatic N) is 3. The standard InChI is InChI=1S/C13H20N4O/c1-10(2)16-5-7-17(8-6-16)12-9-11(13(14)18)3-4-15-12/h3-4,9-10H,5-8H2,1-2H3,(H2,14,18). The lowest BCUT2D eigenvalue weighted by atomic mass is 10.2. The van der Waals surface area contributed by atoms with Crippen LogP contribution >= 0.6 is 0 Å². The Hall–Kier alpha value is -1.62. The summed E-state index contributed by atoms with van der Waals surface area (Å²) < 4.78 is 0. The largest absolute Gasteiger partial charge is 0.366 e. The molecule has 1 fully saturated rings. The van der Waals surface area contributed by atoms with E-state index >= 15 is 0 Å². The lowest BCUT2D eigenvalue weighted by molar-refractivity contribution is 0.1000. The number of rotatable bonds is 3. The van der Waals surface area contributed by atoms with Gasteiger partial charge in [-0.05, 0) is 26.0 Å². The molecular formula is C13H20N4O. The highest BCUT2D eigenvalue weighted by molar-refractivity contribution is 5.93. The van der Waals surface area contributed by atoms with Gasteiger partial charge >= 0.3 is 0 Å². The molecule has 98 valence electrons. The van der Waals surface area contributed by atoms with E-state index in [0.29, 0.717) is 11.6 Å². The first-order valence-electron chi connectivity index (χ1n) is 6.33. The molecule has 0 spiro atoms. The molecule has 5 heteroatoms. The fraction of sp³-hybridized carbons (Fsp3) is 0.538. The van der Waals surface area contributed by atoms with Crippen molar-refractivity contribution in [2.75, 3.05) is 31.1 Å². The smallest absolute Gasteiger partial charge is 0.248 e. The first kappa shape index (κ1) is 12.8. The summed E-state index contributed by atoms with van der Waals surface area (Å²) in [5, 5.41) is 0. The van der Waals surface area contributed by atoms with Gasteiger partial charge in [0, 0.05) is 44.0 Å². The normalized spacial score (nSPS) is 17.2. The molecule has 1 aliphatic rings. The molecule has 0 aromatic carbocycles. The van der Waals surface area contributed by atoms with Gasteiger partial charge in [-0.1, -0.05) is 0 Å². The summed E-state index contributed by atoms with van der Waals surface area (Å²) in [5.41, 5.74) is 5.80. The molecule has 0 atom stereocenters. The average molecular weight is 248 g/mol. The number of aromatic nitrogens is 1. The van der Waals surface area contributed by atoms with Gasteiger partial charge in [-0.25, -0.2) is 4.98 Å². The molecule has 0 unspecified atom stereocenters. The second kappa shape index (κ2) is 5.35. The SMILES string of the molecule is CC(C)N1CCN(c2cc(C(N)=O)ccn2)CC1. The Morgan fingerprint density at radius 2 is 2.00 bits per heavy atom. The fourth-order valence-electron chi connectivity index (χ4n) is 2.21. The number of amides is 1. The van der Waals surface area contributed by atoms with Gasteiger partial charge in [0.15, 0.2) is 0 Å². The first-order valence-corrected chi connectivity index (χ1v) is 6.33. The quantitative estimate of drug-likeness (QED) is 0.855. The van der Waals surface area contributed by atoms with Crippen molar-refractivity contribution in [3.05, 3.63) is 23.9 Å². The zero-order valence-electron chi connectivity index (χ0n) is 11.0. The van der Waals surface area contributed by atoms with Crippen molar-refractivity contribution in [3.63, 3.8) is 0 Å². The topological polar surface area (TPSA) is 62.5 Å². The van der Waals surface area contributed by atoms with Crippen molar-refractivity contribution in [1.29, 1.82) is 0 Å². The number of nitrogens with two attached hydrogens (primary N) is 1. The predicted molar refractivity (Wildman–Crippen MR) is 71.7 cm³/mol. The lowest BCUT2D eigenvalue weighted by Crippen LogP contribution is -2.49. The monoisotopic (exact) mass is 248 g/mol. The first-order chi connectivity index (χ1) is 8.58. The number of carbonyl (C=O) groups is 1. The molecule has 1 aromatic rings. The molecule has 0 radical (unpaired) electrons. The van der Waals surface area contributed by atoms with Crippen LogP contribution in [0.2, 0.25) is 0 Å². The Morgan fingerprint density at radius 1 is 1.33 bits per heavy atom. The summed E-state index contributed by atoms with van der Waals surface area (Å²) in [4.78, 5) is 20.1. The van der Waals surface area contributed by atoms with Gasteiger partial charge in [0.1, 0.15) is 5.82 Å². The van der Waals surface area contributed by atoms with Gasteiger partial charge in [0.05, 0.1) is 0 Å². The predicted octanol–water partition coefficient (Wildman–Crippen LogP) is 0.711. The molecule has 1 amide bonds. The molecule has 1 saturated heterocycles. The molecule has 5 nitrogen and oxygen atoms in total. The summed E-state index contributed by atoms with van der Waals surface area (Å²) in [7, 11) is 0. The molecule has 0 aliphatic carbocycles. The van der Waals surface area contributed by atoms with E-state index in [9.17, 15) is 4.79 Å². The van der Waals surface area contributed by atoms with Gasteiger partial charge in [0.25, 0.3) is 0 Å². The van der Waals surface area contributed by atoms with Crippen molar-refractivity contribution in [2.24, 2.45) is 5.73 Å². The Kier molecular flexibility index (Phi) is 3.81. The minimum Gasteiger partial charge on any atom is -0.366 e. The van der Waals surface area contributed by atoms with Crippen LogP contribution in [0.4, 0.5) is 5.82 Å². The molecule has 1 aromatic heterocycles. The average Bonchev–Trinajstić information content (AvgIpc) is 2.39. The Bertz CT molecular complexity index is 425. The summed E-state index contributed by atoms with van der Waals surface area (Å²) in [5.74, 6) is 0.439. The number of primary amides is 1. The maximum absolute atomic E-state index is 11.1. The van der Waals surface area contributed by atoms with Crippen LogP contribution in [0, 0.1) is 0 Å². The highest BCUT2D eigenvalue weighted by Crippen LogP contribution is 2.15. The Balaban J connectivity index is 2.05. The van der Waals surface area contributed by atoms with Gasteiger partial charge < -0.3 is 10.6 Å². The number of anilines is 1. The van der Waals surface area contributed by atoms with Crippen LogP contribution in [0.5, 0.6) is 0 Å². The molecule has 18 heavy (non-hydrogen) atoms. The Morgan fingerprint density at radius 3 is 2.56 bits per heavy atom. The van der Waals surface area contributed by atoms with Crippen molar-refractivity contribution >= 4 is 11.7 Å². The summed E-state index contributed by atoms with van der Waals surface area (Å²) in [6, 6.07) is 4.00. The van der Waals surface area contributed by atoms with Gasteiger partial charge in [-0.2, -0.15) is 0 Å². The fourth-order valence-corrected chi connectivity index (χ4v) is 2.21. The van der Waals surface area contributed by atoms with Crippen molar-refractivity contribution in [3.8, 4) is 0 Å². The number of pyridine rings is 1. The zero-order valence-corrected chi connectivity index (χ0v) is 11.0. The number of piperazine rings is 1. The number of hydrogen-bond donors (Lipinski definition) is 1. The second-order valence-corrected chi connectivity index (χ2v) is 4.88. The lowest BCUT2D eigenvalue weighted by Gasteiger charge is -2.37. The number of carbonyl (C=O) groups excluding carboxylic acids is 1. The van der Waals surface area contributed by atoms with Crippen LogP contribution in [0.15, 0.2) is 18.3 Å². The van der Waals surface area contributed by atoms with Crippen LogP contribution < -0.4 is 10.6 Å². The van der Waals surface area contributed by atoms with Gasteiger partial charge in [0.2, 0.25) is 5.91 Å². The minimum absolute atomic E-state index is 0.403. The molecule has 2 rings (SSSR count). The van der Waals surface area contributed by atoms with Gasteiger partial charge in [-0.3, -0.25) is 9.69 Å². The third kappa shape index (κ3) is 2.79. The third-order valence-electron chi connectivity index (χ3n) is 3.40. The molecule has 0 bridgehead atoms. The highest BCUT2D eigenvalue weighted by atomic mass is 16.1. The van der Waals surface area contributed by atoms with E-state index in [1.165, 1.54) is 0 Å². The van der Waals surface area contributed by atoms with Gasteiger partial charge in [-0.15, -0.1) is 0 Å². The van der Waals surface area contributed by atoms with Crippen LogP contribution in [0.1, 0.15) is 24.2 Å². The second-order valence-electron chi connectivity index (χ2n) is 4.88. The van der Waals surface area contributed by atoms with E-state index in [2.05, 4.69) is 28.6 Å². The van der Waals surface area contributed by atoms with Crippen LogP contribution in [-0.4, -0.2) is 48.0 Å². The van der Waals surface area contributed by atoms with E-state index in [-0.39, 0.29) is 0 Å². The zero-order chi connectivity index (χ0) is 13.1. The third-order valence-corrected chi connectivity index (χ3v) is 3.40. The van der Waals surface area contributed by atoms with Crippen molar-refractivity contribution in [2.45, 2.75) is 19.9 Å². The summed E-state index contributed by atoms with van der Waals surface area (Å²) in [6.07, 6.45) is 1.64. The van der Waals surface area contributed by atoms with E-state index in [0.717, 1.165) is 32.0 Å². The van der Waals surface area contributed by atoms with Crippen LogP contribution in [0.3, 0.4) is 0 Å². The number of hydrogen-bond acceptors (Lipinski definition) is 4. The van der Waals surface area contributed by atoms with Crippen molar-refractivity contribution in [1.82, 2.24) is 9.88 Å². The Labute approximate surface area is 108 Å².